The van der Waals surface area contributed by atoms with E-state index in [1.54, 1.807) is 12.1 Å². The van der Waals surface area contributed by atoms with Crippen LogP contribution < -0.4 is 4.90 Å². The molecule has 2 nitrogen and oxygen atoms in total. The number of phenols is 1. The maximum atomic E-state index is 9.35. The maximum absolute atomic E-state index is 9.35. The summed E-state index contributed by atoms with van der Waals surface area (Å²) >= 11 is 3.42. The van der Waals surface area contributed by atoms with E-state index in [1.165, 1.54) is 0 Å². The third-order valence-corrected chi connectivity index (χ3v) is 2.70. The predicted octanol–water partition coefficient (Wildman–Crippen LogP) is 3.00. The van der Waals surface area contributed by atoms with Gasteiger partial charge in [0, 0.05) is 30.2 Å². The average molecular weight is 258 g/mol. The predicted molar refractivity (Wildman–Crippen MR) is 64.4 cm³/mol. The van der Waals surface area contributed by atoms with Gasteiger partial charge in [0.1, 0.15) is 5.75 Å². The van der Waals surface area contributed by atoms with Gasteiger partial charge in [0.2, 0.25) is 0 Å². The highest BCUT2D eigenvalue weighted by molar-refractivity contribution is 9.09. The highest BCUT2D eigenvalue weighted by Gasteiger charge is 2.03. The summed E-state index contributed by atoms with van der Waals surface area (Å²) in [6, 6.07) is 7.40. The van der Waals surface area contributed by atoms with Crippen LogP contribution in [0, 0.1) is 0 Å². The van der Waals surface area contributed by atoms with Crippen molar-refractivity contribution in [3.05, 3.63) is 24.3 Å². The molecule has 0 atom stereocenters. The van der Waals surface area contributed by atoms with E-state index >= 15 is 0 Å². The van der Waals surface area contributed by atoms with E-state index in [1.807, 2.05) is 12.1 Å². The van der Waals surface area contributed by atoms with Gasteiger partial charge in [0.15, 0.2) is 0 Å². The Labute approximate surface area is 93.7 Å². The third-order valence-electron chi connectivity index (χ3n) is 2.14. The van der Waals surface area contributed by atoms with Crippen LogP contribution in [-0.2, 0) is 0 Å². The number of phenolic OH excluding ortho intramolecular Hbond substituents is 1. The lowest BCUT2D eigenvalue weighted by molar-refractivity contribution is 0.475. The van der Waals surface area contributed by atoms with Crippen molar-refractivity contribution < 1.29 is 5.11 Å². The zero-order chi connectivity index (χ0) is 10.4. The van der Waals surface area contributed by atoms with Crippen LogP contribution in [0.25, 0.3) is 0 Å². The summed E-state index contributed by atoms with van der Waals surface area (Å²) in [7, 11) is 0. The zero-order valence-electron chi connectivity index (χ0n) is 8.41. The van der Waals surface area contributed by atoms with E-state index in [4.69, 9.17) is 0 Å². The fraction of sp³-hybridized carbons (Fsp3) is 0.455. The number of nitrogens with zero attached hydrogens (tertiary/aromatic N) is 1. The van der Waals surface area contributed by atoms with Gasteiger partial charge >= 0.3 is 0 Å². The lowest BCUT2D eigenvalue weighted by Crippen LogP contribution is -2.23. The molecule has 3 heteroatoms. The second-order valence-corrected chi connectivity index (χ2v) is 3.94. The second-order valence-electron chi connectivity index (χ2n) is 3.14. The van der Waals surface area contributed by atoms with Gasteiger partial charge in [-0.1, -0.05) is 22.0 Å². The van der Waals surface area contributed by atoms with Gasteiger partial charge < -0.3 is 10.0 Å². The molecule has 1 aromatic rings. The Hall–Kier alpha value is -0.700. The SMILES string of the molecule is CCN(CCCBr)c1cccc(O)c1. The van der Waals surface area contributed by atoms with Gasteiger partial charge in [-0.15, -0.1) is 0 Å². The number of anilines is 1. The van der Waals surface area contributed by atoms with E-state index in [2.05, 4.69) is 27.8 Å². The Balaban J connectivity index is 2.68. The molecule has 0 aliphatic heterocycles. The minimum Gasteiger partial charge on any atom is -0.508 e. The minimum absolute atomic E-state index is 0.333. The van der Waals surface area contributed by atoms with Gasteiger partial charge in [-0.05, 0) is 25.5 Å². The summed E-state index contributed by atoms with van der Waals surface area (Å²) in [4.78, 5) is 2.25. The quantitative estimate of drug-likeness (QED) is 0.820. The summed E-state index contributed by atoms with van der Waals surface area (Å²) in [6.45, 7) is 4.11. The van der Waals surface area contributed by atoms with Crippen LogP contribution in [0.2, 0.25) is 0 Å². The van der Waals surface area contributed by atoms with Crippen LogP contribution >= 0.6 is 15.9 Å². The van der Waals surface area contributed by atoms with Gasteiger partial charge in [0.05, 0.1) is 0 Å². The normalized spacial score (nSPS) is 10.1. The molecule has 0 amide bonds. The summed E-state index contributed by atoms with van der Waals surface area (Å²) in [5, 5.41) is 10.4. The molecule has 78 valence electrons. The molecule has 0 unspecified atom stereocenters. The zero-order valence-corrected chi connectivity index (χ0v) is 10.00. The molecule has 14 heavy (non-hydrogen) atoms. The summed E-state index contributed by atoms with van der Waals surface area (Å²) < 4.78 is 0. The summed E-state index contributed by atoms with van der Waals surface area (Å²) in [5.74, 6) is 0.333. The molecule has 1 N–H and O–H groups in total. The van der Waals surface area contributed by atoms with Crippen LogP contribution in [0.5, 0.6) is 5.75 Å². The van der Waals surface area contributed by atoms with E-state index in [0.717, 1.165) is 30.5 Å². The minimum atomic E-state index is 0.333. The van der Waals surface area contributed by atoms with Crippen molar-refractivity contribution in [2.24, 2.45) is 0 Å². The second kappa shape index (κ2) is 5.91. The van der Waals surface area contributed by atoms with Crippen molar-refractivity contribution in [3.8, 4) is 5.75 Å². The van der Waals surface area contributed by atoms with Gasteiger partial charge in [-0.25, -0.2) is 0 Å². The molecular formula is C11H16BrNO. The Morgan fingerprint density at radius 3 is 2.79 bits per heavy atom. The van der Waals surface area contributed by atoms with E-state index in [9.17, 15) is 5.11 Å². The number of alkyl halides is 1. The first-order valence-electron chi connectivity index (χ1n) is 4.88. The maximum Gasteiger partial charge on any atom is 0.117 e. The topological polar surface area (TPSA) is 23.5 Å². The Bertz CT molecular complexity index is 278. The van der Waals surface area contributed by atoms with Crippen LogP contribution in [0.15, 0.2) is 24.3 Å². The van der Waals surface area contributed by atoms with Crippen molar-refractivity contribution in [1.29, 1.82) is 0 Å². The smallest absolute Gasteiger partial charge is 0.117 e. The Morgan fingerprint density at radius 1 is 1.43 bits per heavy atom. The molecule has 0 aliphatic rings. The number of rotatable bonds is 5. The fourth-order valence-corrected chi connectivity index (χ4v) is 1.66. The van der Waals surface area contributed by atoms with E-state index in [0.29, 0.717) is 5.75 Å². The van der Waals surface area contributed by atoms with Crippen LogP contribution in [-0.4, -0.2) is 23.5 Å². The number of aromatic hydroxyl groups is 1. The monoisotopic (exact) mass is 257 g/mol. The lowest BCUT2D eigenvalue weighted by atomic mass is 10.2. The number of halogens is 1. The molecule has 0 bridgehead atoms. The summed E-state index contributed by atoms with van der Waals surface area (Å²) in [6.07, 6.45) is 1.11. The molecule has 1 rings (SSSR count). The first kappa shape index (κ1) is 11.4. The molecule has 0 spiro atoms. The van der Waals surface area contributed by atoms with Crippen molar-refractivity contribution in [2.45, 2.75) is 13.3 Å². The molecule has 1 aromatic carbocycles. The summed E-state index contributed by atoms with van der Waals surface area (Å²) in [5.41, 5.74) is 1.09. The van der Waals surface area contributed by atoms with Crippen molar-refractivity contribution in [1.82, 2.24) is 0 Å². The van der Waals surface area contributed by atoms with Crippen LogP contribution in [0.3, 0.4) is 0 Å². The Kier molecular flexibility index (Phi) is 4.80. The standard InChI is InChI=1S/C11H16BrNO/c1-2-13(8-4-7-12)10-5-3-6-11(14)9-10/h3,5-6,9,14H,2,4,7-8H2,1H3. The molecule has 0 saturated heterocycles. The third kappa shape index (κ3) is 3.22. The number of hydrogen-bond donors (Lipinski definition) is 1. The van der Waals surface area contributed by atoms with Crippen molar-refractivity contribution >= 4 is 21.6 Å². The molecule has 0 heterocycles. The lowest BCUT2D eigenvalue weighted by Gasteiger charge is -2.22. The Morgan fingerprint density at radius 2 is 2.21 bits per heavy atom. The molecular weight excluding hydrogens is 242 g/mol. The molecule has 0 aromatic heterocycles. The number of hydrogen-bond acceptors (Lipinski definition) is 2. The molecule has 0 fully saturated rings. The fourth-order valence-electron chi connectivity index (χ4n) is 1.41. The largest absolute Gasteiger partial charge is 0.508 e. The van der Waals surface area contributed by atoms with Crippen molar-refractivity contribution in [2.75, 3.05) is 23.3 Å². The number of benzene rings is 1. The van der Waals surface area contributed by atoms with Crippen molar-refractivity contribution in [3.63, 3.8) is 0 Å². The highest BCUT2D eigenvalue weighted by Crippen LogP contribution is 2.19. The van der Waals surface area contributed by atoms with Crippen LogP contribution in [0.1, 0.15) is 13.3 Å². The molecule has 0 radical (unpaired) electrons. The highest BCUT2D eigenvalue weighted by atomic mass is 79.9. The average Bonchev–Trinajstić information content (AvgIpc) is 2.19. The van der Waals surface area contributed by atoms with Gasteiger partial charge in [0.25, 0.3) is 0 Å². The first-order valence-corrected chi connectivity index (χ1v) is 6.00. The van der Waals surface area contributed by atoms with Crippen LogP contribution in [0.4, 0.5) is 5.69 Å². The van der Waals surface area contributed by atoms with Gasteiger partial charge in [-0.3, -0.25) is 0 Å². The first-order chi connectivity index (χ1) is 6.77. The molecule has 0 saturated carbocycles. The van der Waals surface area contributed by atoms with E-state index < -0.39 is 0 Å². The van der Waals surface area contributed by atoms with Gasteiger partial charge in [-0.2, -0.15) is 0 Å². The molecule has 0 aliphatic carbocycles. The van der Waals surface area contributed by atoms with E-state index in [-0.39, 0.29) is 0 Å².